The Hall–Kier alpha value is -4.64. The van der Waals surface area contributed by atoms with E-state index in [1.54, 1.807) is 25.6 Å². The van der Waals surface area contributed by atoms with Crippen LogP contribution < -0.4 is 15.4 Å². The van der Waals surface area contributed by atoms with Crippen LogP contribution in [0, 0.1) is 11.3 Å². The standard InChI is InChI=1S/C26H24N6O2/c1-17(15-27)16-31-25-20-14-19(7-6-18(20)8-9-23(25)34-2)21-4-3-5-22(32-21)26(33)30-11-10-24-28-12-13-29-24/h3-9,12-14,31H,1,10-11,16H2,2H3,(H,28,29)(H,30,33). The van der Waals surface area contributed by atoms with Crippen molar-refractivity contribution in [2.45, 2.75) is 6.42 Å². The van der Waals surface area contributed by atoms with Crippen LogP contribution >= 0.6 is 0 Å². The highest BCUT2D eigenvalue weighted by molar-refractivity contribution is 5.99. The maximum atomic E-state index is 12.6. The molecule has 0 unspecified atom stereocenters. The zero-order valence-corrected chi connectivity index (χ0v) is 18.8. The van der Waals surface area contributed by atoms with E-state index < -0.39 is 0 Å². The van der Waals surface area contributed by atoms with Crippen LogP contribution in [-0.2, 0) is 6.42 Å². The topological polar surface area (TPSA) is 116 Å². The molecular formula is C26H24N6O2. The molecule has 0 spiro atoms. The number of anilines is 1. The lowest BCUT2D eigenvalue weighted by Gasteiger charge is -2.15. The van der Waals surface area contributed by atoms with Gasteiger partial charge in [-0.05, 0) is 29.7 Å². The molecule has 0 atom stereocenters. The van der Waals surface area contributed by atoms with E-state index in [1.807, 2.05) is 48.5 Å². The Morgan fingerprint density at radius 2 is 2.09 bits per heavy atom. The van der Waals surface area contributed by atoms with Gasteiger partial charge in [-0.2, -0.15) is 5.26 Å². The Kier molecular flexibility index (Phi) is 6.84. The molecule has 3 N–H and O–H groups in total. The second-order valence-electron chi connectivity index (χ2n) is 7.60. The summed E-state index contributed by atoms with van der Waals surface area (Å²) in [5, 5.41) is 17.1. The number of nitrogens with one attached hydrogen (secondary N) is 3. The van der Waals surface area contributed by atoms with Gasteiger partial charge in [0.05, 0.1) is 24.6 Å². The van der Waals surface area contributed by atoms with E-state index in [0.29, 0.717) is 42.2 Å². The quantitative estimate of drug-likeness (QED) is 0.329. The maximum Gasteiger partial charge on any atom is 0.269 e. The molecule has 2 aromatic heterocycles. The van der Waals surface area contributed by atoms with Crippen molar-refractivity contribution in [1.29, 1.82) is 5.26 Å². The van der Waals surface area contributed by atoms with Crippen LogP contribution in [0.15, 0.2) is 73.1 Å². The summed E-state index contributed by atoms with van der Waals surface area (Å²) < 4.78 is 5.53. The first-order valence-corrected chi connectivity index (χ1v) is 10.8. The zero-order chi connectivity index (χ0) is 23.9. The van der Waals surface area contributed by atoms with Crippen molar-refractivity contribution in [2.75, 3.05) is 25.5 Å². The van der Waals surface area contributed by atoms with Crippen LogP contribution in [0.5, 0.6) is 5.75 Å². The van der Waals surface area contributed by atoms with Crippen molar-refractivity contribution in [1.82, 2.24) is 20.3 Å². The van der Waals surface area contributed by atoms with Gasteiger partial charge in [0.1, 0.15) is 17.3 Å². The van der Waals surface area contributed by atoms with E-state index in [1.165, 1.54) is 0 Å². The number of ether oxygens (including phenoxy) is 1. The normalized spacial score (nSPS) is 10.5. The number of hydrogen-bond acceptors (Lipinski definition) is 6. The van der Waals surface area contributed by atoms with Crippen LogP contribution in [0.3, 0.4) is 0 Å². The minimum Gasteiger partial charge on any atom is -0.495 e. The number of fused-ring (bicyclic) bond motifs is 1. The summed E-state index contributed by atoms with van der Waals surface area (Å²) in [5.41, 5.74) is 3.06. The number of rotatable bonds is 9. The highest BCUT2D eigenvalue weighted by Crippen LogP contribution is 2.35. The molecule has 4 rings (SSSR count). The number of aromatic amines is 1. The van der Waals surface area contributed by atoms with Crippen molar-refractivity contribution >= 4 is 22.4 Å². The lowest BCUT2D eigenvalue weighted by Crippen LogP contribution is -2.26. The van der Waals surface area contributed by atoms with Gasteiger partial charge in [-0.3, -0.25) is 4.79 Å². The largest absolute Gasteiger partial charge is 0.495 e. The van der Waals surface area contributed by atoms with E-state index in [4.69, 9.17) is 10.00 Å². The number of aromatic nitrogens is 3. The van der Waals surface area contributed by atoms with E-state index in [2.05, 4.69) is 32.2 Å². The number of benzene rings is 2. The van der Waals surface area contributed by atoms with Crippen molar-refractivity contribution in [2.24, 2.45) is 0 Å². The van der Waals surface area contributed by atoms with Crippen molar-refractivity contribution in [3.63, 3.8) is 0 Å². The SMILES string of the molecule is C=C(C#N)CNc1c(OC)ccc2ccc(-c3cccc(C(=O)NCCc4ncc[nH]4)n3)cc12. The van der Waals surface area contributed by atoms with Gasteiger partial charge in [-0.15, -0.1) is 0 Å². The van der Waals surface area contributed by atoms with Crippen LogP contribution in [0.25, 0.3) is 22.0 Å². The summed E-state index contributed by atoms with van der Waals surface area (Å²) in [6.07, 6.45) is 4.04. The molecule has 4 aromatic rings. The average Bonchev–Trinajstić information content (AvgIpc) is 3.40. The van der Waals surface area contributed by atoms with Gasteiger partial charge in [0.25, 0.3) is 5.91 Å². The van der Waals surface area contributed by atoms with Crippen molar-refractivity contribution < 1.29 is 9.53 Å². The molecule has 0 saturated carbocycles. The first-order valence-electron chi connectivity index (χ1n) is 10.8. The number of methoxy groups -OCH3 is 1. The molecule has 0 aliphatic rings. The minimum absolute atomic E-state index is 0.242. The summed E-state index contributed by atoms with van der Waals surface area (Å²) in [4.78, 5) is 24.4. The van der Waals surface area contributed by atoms with E-state index in [9.17, 15) is 4.79 Å². The van der Waals surface area contributed by atoms with Crippen LogP contribution in [0.2, 0.25) is 0 Å². The fourth-order valence-electron chi connectivity index (χ4n) is 3.59. The lowest BCUT2D eigenvalue weighted by molar-refractivity contribution is 0.0949. The number of pyridine rings is 1. The molecule has 2 aromatic carbocycles. The molecule has 0 radical (unpaired) electrons. The first-order chi connectivity index (χ1) is 16.6. The van der Waals surface area contributed by atoms with Crippen molar-refractivity contribution in [3.8, 4) is 23.1 Å². The number of hydrogen-bond donors (Lipinski definition) is 3. The predicted octanol–water partition coefficient (Wildman–Crippen LogP) is 4.10. The van der Waals surface area contributed by atoms with Gasteiger partial charge < -0.3 is 20.4 Å². The van der Waals surface area contributed by atoms with Crippen LogP contribution in [0.1, 0.15) is 16.3 Å². The Morgan fingerprint density at radius 1 is 1.24 bits per heavy atom. The monoisotopic (exact) mass is 452 g/mol. The highest BCUT2D eigenvalue weighted by atomic mass is 16.5. The predicted molar refractivity (Wildman–Crippen MR) is 132 cm³/mol. The Balaban J connectivity index is 1.60. The molecule has 8 heteroatoms. The molecule has 1 amide bonds. The minimum atomic E-state index is -0.242. The Bertz CT molecular complexity index is 1370. The van der Waals surface area contributed by atoms with Gasteiger partial charge in [0.15, 0.2) is 0 Å². The fraction of sp³-hybridized carbons (Fsp3) is 0.154. The average molecular weight is 453 g/mol. The zero-order valence-electron chi connectivity index (χ0n) is 18.8. The summed E-state index contributed by atoms with van der Waals surface area (Å²) in [6, 6.07) is 17.2. The van der Waals surface area contributed by atoms with Crippen LogP contribution in [-0.4, -0.2) is 41.1 Å². The second-order valence-corrected chi connectivity index (χ2v) is 7.60. The number of amides is 1. The third-order valence-corrected chi connectivity index (χ3v) is 5.32. The summed E-state index contributed by atoms with van der Waals surface area (Å²) in [7, 11) is 1.60. The second kappa shape index (κ2) is 10.3. The van der Waals surface area contributed by atoms with Gasteiger partial charge in [-0.25, -0.2) is 9.97 Å². The Morgan fingerprint density at radius 3 is 2.85 bits per heavy atom. The molecule has 170 valence electrons. The third-order valence-electron chi connectivity index (χ3n) is 5.32. The van der Waals surface area contributed by atoms with Gasteiger partial charge >= 0.3 is 0 Å². The number of nitrogens with zero attached hydrogens (tertiary/aromatic N) is 3. The van der Waals surface area contributed by atoms with E-state index >= 15 is 0 Å². The van der Waals surface area contributed by atoms with Gasteiger partial charge in [-0.1, -0.05) is 30.8 Å². The molecule has 0 aliphatic carbocycles. The molecule has 0 saturated heterocycles. The molecule has 0 fully saturated rings. The Labute approximate surface area is 197 Å². The third kappa shape index (κ3) is 5.05. The number of imidazole rings is 1. The highest BCUT2D eigenvalue weighted by Gasteiger charge is 2.13. The summed E-state index contributed by atoms with van der Waals surface area (Å²) in [5.74, 6) is 1.23. The molecule has 34 heavy (non-hydrogen) atoms. The first kappa shape index (κ1) is 22.6. The summed E-state index contributed by atoms with van der Waals surface area (Å²) >= 11 is 0. The smallest absolute Gasteiger partial charge is 0.269 e. The molecule has 2 heterocycles. The number of carbonyl (C=O) groups is 1. The van der Waals surface area contributed by atoms with Crippen LogP contribution in [0.4, 0.5) is 5.69 Å². The molecule has 0 bridgehead atoms. The molecular weight excluding hydrogens is 428 g/mol. The molecule has 0 aliphatic heterocycles. The van der Waals surface area contributed by atoms with Crippen molar-refractivity contribution in [3.05, 3.63) is 84.6 Å². The van der Waals surface area contributed by atoms with E-state index in [-0.39, 0.29) is 5.91 Å². The number of H-pyrrole nitrogens is 1. The molecule has 8 nitrogen and oxygen atoms in total. The number of nitriles is 1. The lowest BCUT2D eigenvalue weighted by atomic mass is 10.0. The fourth-order valence-corrected chi connectivity index (χ4v) is 3.59. The summed E-state index contributed by atoms with van der Waals surface area (Å²) in [6.45, 7) is 4.50. The number of carbonyl (C=O) groups excluding carboxylic acids is 1. The maximum absolute atomic E-state index is 12.6. The van der Waals surface area contributed by atoms with Gasteiger partial charge in [0, 0.05) is 48.4 Å². The van der Waals surface area contributed by atoms with Gasteiger partial charge in [0.2, 0.25) is 0 Å². The van der Waals surface area contributed by atoms with E-state index in [0.717, 1.165) is 27.8 Å².